The van der Waals surface area contributed by atoms with Crippen LogP contribution in [0, 0.1) is 0 Å². The first kappa shape index (κ1) is 16.4. The van der Waals surface area contributed by atoms with Gasteiger partial charge in [-0.2, -0.15) is 0 Å². The molecule has 0 bridgehead atoms. The van der Waals surface area contributed by atoms with E-state index in [9.17, 15) is 9.90 Å². The summed E-state index contributed by atoms with van der Waals surface area (Å²) in [5.41, 5.74) is 1.78. The van der Waals surface area contributed by atoms with Crippen molar-refractivity contribution in [1.82, 2.24) is 9.55 Å². The summed E-state index contributed by atoms with van der Waals surface area (Å²) in [6.45, 7) is 2.30. The van der Waals surface area contributed by atoms with Gasteiger partial charge in [-0.15, -0.1) is 0 Å². The number of ether oxygens (including phenoxy) is 1. The summed E-state index contributed by atoms with van der Waals surface area (Å²) in [5, 5.41) is 10.6. The molecule has 2 aromatic carbocycles. The summed E-state index contributed by atoms with van der Waals surface area (Å²) in [6, 6.07) is 12.9. The Kier molecular flexibility index (Phi) is 4.24. The van der Waals surface area contributed by atoms with E-state index in [0.717, 1.165) is 43.0 Å². The Morgan fingerprint density at radius 3 is 2.85 bits per heavy atom. The molecule has 0 saturated heterocycles. The summed E-state index contributed by atoms with van der Waals surface area (Å²) in [7, 11) is 1.53. The number of methoxy groups -OCH3 is 1. The number of benzene rings is 2. The summed E-state index contributed by atoms with van der Waals surface area (Å²) < 4.78 is 6.86. The number of fused-ring (bicyclic) bond motifs is 2. The number of phenols is 1. The van der Waals surface area contributed by atoms with Gasteiger partial charge in [-0.3, -0.25) is 9.36 Å². The summed E-state index contributed by atoms with van der Waals surface area (Å²) in [4.78, 5) is 19.6. The van der Waals surface area contributed by atoms with Crippen LogP contribution in [0.4, 0.5) is 5.95 Å². The molecule has 1 aliphatic heterocycles. The lowest BCUT2D eigenvalue weighted by atomic mass is 10.1. The highest BCUT2D eigenvalue weighted by Crippen LogP contribution is 2.27. The quantitative estimate of drug-likeness (QED) is 0.782. The van der Waals surface area contributed by atoms with Gasteiger partial charge in [-0.1, -0.05) is 18.2 Å². The normalized spacial score (nSPS) is 13.7. The molecule has 0 aliphatic carbocycles. The van der Waals surface area contributed by atoms with Gasteiger partial charge in [0.05, 0.1) is 18.0 Å². The standard InChI is InChI=1S/C20H21N3O3/c1-26-18-8-7-14(13-17(18)24)9-12-22-10-4-11-23-19(25)15-5-2-3-6-16(15)21-20(22)23/h2-3,5-8,13,24H,4,9-12H2,1H3. The van der Waals surface area contributed by atoms with Crippen molar-refractivity contribution in [2.75, 3.05) is 25.1 Å². The highest BCUT2D eigenvalue weighted by atomic mass is 16.5. The van der Waals surface area contributed by atoms with Crippen LogP contribution in [0.5, 0.6) is 11.5 Å². The number of rotatable bonds is 4. The number of anilines is 1. The van der Waals surface area contributed by atoms with E-state index in [-0.39, 0.29) is 11.3 Å². The van der Waals surface area contributed by atoms with Crippen molar-refractivity contribution in [2.24, 2.45) is 0 Å². The van der Waals surface area contributed by atoms with Gasteiger partial charge < -0.3 is 14.7 Å². The Hall–Kier alpha value is -3.02. The van der Waals surface area contributed by atoms with Gasteiger partial charge >= 0.3 is 0 Å². The minimum absolute atomic E-state index is 0.0254. The Bertz CT molecular complexity index is 1010. The highest BCUT2D eigenvalue weighted by Gasteiger charge is 2.20. The lowest BCUT2D eigenvalue weighted by molar-refractivity contribution is 0.373. The van der Waals surface area contributed by atoms with Crippen LogP contribution in [-0.2, 0) is 13.0 Å². The molecule has 2 heterocycles. The minimum Gasteiger partial charge on any atom is -0.504 e. The Morgan fingerprint density at radius 2 is 2.04 bits per heavy atom. The van der Waals surface area contributed by atoms with Crippen LogP contribution in [0.1, 0.15) is 12.0 Å². The first-order valence-corrected chi connectivity index (χ1v) is 8.78. The molecule has 0 radical (unpaired) electrons. The van der Waals surface area contributed by atoms with Crippen molar-refractivity contribution in [3.63, 3.8) is 0 Å². The van der Waals surface area contributed by atoms with Crippen molar-refractivity contribution in [3.05, 3.63) is 58.4 Å². The lowest BCUT2D eigenvalue weighted by Gasteiger charge is -2.31. The minimum atomic E-state index is 0.0254. The number of aromatic nitrogens is 2. The van der Waals surface area contributed by atoms with Gasteiger partial charge in [-0.25, -0.2) is 4.98 Å². The second kappa shape index (κ2) is 6.71. The van der Waals surface area contributed by atoms with E-state index in [2.05, 4.69) is 4.90 Å². The monoisotopic (exact) mass is 351 g/mol. The van der Waals surface area contributed by atoms with Gasteiger partial charge in [0.25, 0.3) is 5.56 Å². The van der Waals surface area contributed by atoms with Crippen molar-refractivity contribution in [2.45, 2.75) is 19.4 Å². The molecule has 0 spiro atoms. The molecule has 6 nitrogen and oxygen atoms in total. The van der Waals surface area contributed by atoms with Crippen molar-refractivity contribution in [1.29, 1.82) is 0 Å². The molecule has 1 aliphatic rings. The molecule has 0 fully saturated rings. The van der Waals surface area contributed by atoms with Gasteiger partial charge in [0, 0.05) is 19.6 Å². The zero-order valence-corrected chi connectivity index (χ0v) is 14.7. The van der Waals surface area contributed by atoms with Crippen LogP contribution in [0.3, 0.4) is 0 Å². The van der Waals surface area contributed by atoms with Gasteiger partial charge in [0.2, 0.25) is 5.95 Å². The maximum absolute atomic E-state index is 12.8. The Labute approximate surface area is 151 Å². The third kappa shape index (κ3) is 2.87. The molecule has 4 rings (SSSR count). The first-order valence-electron chi connectivity index (χ1n) is 8.78. The van der Waals surface area contributed by atoms with E-state index in [0.29, 0.717) is 17.7 Å². The average molecular weight is 351 g/mol. The molecule has 0 unspecified atom stereocenters. The van der Waals surface area contributed by atoms with Crippen molar-refractivity contribution >= 4 is 16.9 Å². The van der Waals surface area contributed by atoms with E-state index >= 15 is 0 Å². The predicted molar refractivity (Wildman–Crippen MR) is 101 cm³/mol. The maximum Gasteiger partial charge on any atom is 0.262 e. The molecule has 0 amide bonds. The molecular weight excluding hydrogens is 330 g/mol. The molecule has 6 heteroatoms. The zero-order chi connectivity index (χ0) is 18.1. The van der Waals surface area contributed by atoms with E-state index in [1.165, 1.54) is 7.11 Å². The third-order valence-electron chi connectivity index (χ3n) is 4.85. The van der Waals surface area contributed by atoms with Crippen molar-refractivity contribution < 1.29 is 9.84 Å². The SMILES string of the molecule is COc1ccc(CCN2CCCn3c2nc2ccccc2c3=O)cc1O. The van der Waals surface area contributed by atoms with Crippen LogP contribution < -0.4 is 15.2 Å². The second-order valence-corrected chi connectivity index (χ2v) is 6.48. The van der Waals surface area contributed by atoms with Crippen molar-refractivity contribution in [3.8, 4) is 11.5 Å². The molecule has 134 valence electrons. The van der Waals surface area contributed by atoms with Gasteiger partial charge in [0.1, 0.15) is 0 Å². The van der Waals surface area contributed by atoms with E-state index in [1.54, 1.807) is 16.7 Å². The Balaban J connectivity index is 1.62. The molecule has 0 atom stereocenters. The zero-order valence-electron chi connectivity index (χ0n) is 14.7. The fraction of sp³-hybridized carbons (Fsp3) is 0.300. The van der Waals surface area contributed by atoms with Crippen LogP contribution >= 0.6 is 0 Å². The molecule has 3 aromatic rings. The van der Waals surface area contributed by atoms with Crippen LogP contribution in [0.15, 0.2) is 47.3 Å². The maximum atomic E-state index is 12.8. The second-order valence-electron chi connectivity index (χ2n) is 6.48. The van der Waals surface area contributed by atoms with Gasteiger partial charge in [-0.05, 0) is 42.7 Å². The third-order valence-corrected chi connectivity index (χ3v) is 4.85. The summed E-state index contributed by atoms with van der Waals surface area (Å²) in [6.07, 6.45) is 1.67. The first-order chi connectivity index (χ1) is 12.7. The van der Waals surface area contributed by atoms with Gasteiger partial charge in [0.15, 0.2) is 11.5 Å². The average Bonchev–Trinajstić information content (AvgIpc) is 2.67. The van der Waals surface area contributed by atoms with Crippen LogP contribution in [0.25, 0.3) is 10.9 Å². The molecule has 1 aromatic heterocycles. The summed E-state index contributed by atoms with van der Waals surface area (Å²) >= 11 is 0. The number of hydrogen-bond donors (Lipinski definition) is 1. The topological polar surface area (TPSA) is 67.6 Å². The number of phenolic OH excluding ortho intramolecular Hbond substituents is 1. The molecule has 1 N–H and O–H groups in total. The number of hydrogen-bond acceptors (Lipinski definition) is 5. The molecular formula is C20H21N3O3. The number of para-hydroxylation sites is 1. The van der Waals surface area contributed by atoms with E-state index < -0.39 is 0 Å². The summed E-state index contributed by atoms with van der Waals surface area (Å²) in [5.74, 6) is 1.35. The number of nitrogens with zero attached hydrogens (tertiary/aromatic N) is 3. The lowest BCUT2D eigenvalue weighted by Crippen LogP contribution is -2.39. The predicted octanol–water partition coefficient (Wildman–Crippen LogP) is 2.56. The Morgan fingerprint density at radius 1 is 1.19 bits per heavy atom. The van der Waals surface area contributed by atoms with E-state index in [1.807, 2.05) is 30.3 Å². The fourth-order valence-corrected chi connectivity index (χ4v) is 3.49. The largest absolute Gasteiger partial charge is 0.504 e. The fourth-order valence-electron chi connectivity index (χ4n) is 3.49. The van der Waals surface area contributed by atoms with Crippen LogP contribution in [-0.4, -0.2) is 34.9 Å². The van der Waals surface area contributed by atoms with Crippen LogP contribution in [0.2, 0.25) is 0 Å². The van der Waals surface area contributed by atoms with E-state index in [4.69, 9.17) is 9.72 Å². The molecule has 26 heavy (non-hydrogen) atoms. The molecule has 0 saturated carbocycles. The number of aromatic hydroxyl groups is 1. The highest BCUT2D eigenvalue weighted by molar-refractivity contribution is 5.78. The smallest absolute Gasteiger partial charge is 0.262 e.